The van der Waals surface area contributed by atoms with Gasteiger partial charge in [-0.1, -0.05) is 0 Å². The molecule has 3 heteroatoms. The Bertz CT molecular complexity index is 1650. The van der Waals surface area contributed by atoms with Crippen LogP contribution in [0.3, 0.4) is 0 Å². The average Bonchev–Trinajstić information content (AvgIpc) is 3.03. The fraction of sp³-hybridized carbons (Fsp3) is 0.222. The first kappa shape index (κ1) is 18.2. The van der Waals surface area contributed by atoms with Gasteiger partial charge in [0.05, 0.1) is 0 Å². The van der Waals surface area contributed by atoms with E-state index in [1.165, 1.54) is 60.1 Å². The summed E-state index contributed by atoms with van der Waals surface area (Å²) in [5.74, 6) is 7.48. The van der Waals surface area contributed by atoms with E-state index in [1.807, 2.05) is 0 Å². The standard InChI is InChI=1S/C27H27GeN2/c1-16-8-7-9-21-23(16)20-11-10-17(2)24-26(20)30(21)22-15-19(28(3,4)5)14-18-12-13-29(6)27(24)25(18)22/h7-15H,1-6H3/q+1. The molecule has 0 bridgehead atoms. The van der Waals surface area contributed by atoms with Crippen LogP contribution in [0.4, 0.5) is 0 Å². The summed E-state index contributed by atoms with van der Waals surface area (Å²) in [4.78, 5) is 0. The van der Waals surface area contributed by atoms with Crippen LogP contribution in [-0.4, -0.2) is 17.7 Å². The third-order valence-corrected chi connectivity index (χ3v) is 11.2. The van der Waals surface area contributed by atoms with Crippen molar-refractivity contribution in [2.24, 2.45) is 7.05 Å². The quantitative estimate of drug-likeness (QED) is 0.126. The Morgan fingerprint density at radius 1 is 0.800 bits per heavy atom. The molecule has 0 amide bonds. The molecule has 0 spiro atoms. The maximum absolute atomic E-state index is 2.56. The topological polar surface area (TPSA) is 8.29 Å². The third-order valence-electron chi connectivity index (χ3n) is 6.93. The van der Waals surface area contributed by atoms with E-state index in [-0.39, 0.29) is 0 Å². The molecular weight excluding hydrogens is 425 g/mol. The van der Waals surface area contributed by atoms with Gasteiger partial charge < -0.3 is 0 Å². The molecular formula is C27H27GeN2+. The summed E-state index contributed by atoms with van der Waals surface area (Å²) < 4.78 is 6.45. The number of aryl methyl sites for hydroxylation is 3. The van der Waals surface area contributed by atoms with Gasteiger partial charge in [0.15, 0.2) is 0 Å². The summed E-state index contributed by atoms with van der Waals surface area (Å²) in [6.45, 7) is 4.50. The number of fused-ring (bicyclic) bond motifs is 5. The van der Waals surface area contributed by atoms with Gasteiger partial charge in [-0.25, -0.2) is 0 Å². The molecule has 3 heterocycles. The van der Waals surface area contributed by atoms with Gasteiger partial charge in [-0.05, 0) is 0 Å². The second kappa shape index (κ2) is 5.76. The molecule has 148 valence electrons. The van der Waals surface area contributed by atoms with Crippen LogP contribution in [-0.2, 0) is 7.05 Å². The maximum atomic E-state index is 2.56. The van der Waals surface area contributed by atoms with Gasteiger partial charge in [-0.2, -0.15) is 0 Å². The van der Waals surface area contributed by atoms with Gasteiger partial charge in [0.25, 0.3) is 0 Å². The second-order valence-electron chi connectivity index (χ2n) is 9.94. The number of pyridine rings is 2. The number of hydrogen-bond donors (Lipinski definition) is 0. The Kier molecular flexibility index (Phi) is 3.50. The zero-order valence-corrected chi connectivity index (χ0v) is 20.7. The SMILES string of the molecule is Cc1cccc2c1c1ccc(C)c3c1n2c1c[c]([Ge]([CH3])([CH3])[CH3])cc2cc[n+](C)c3c21. The van der Waals surface area contributed by atoms with Crippen LogP contribution in [0.15, 0.2) is 54.7 Å². The Morgan fingerprint density at radius 2 is 1.57 bits per heavy atom. The van der Waals surface area contributed by atoms with Gasteiger partial charge in [0.1, 0.15) is 0 Å². The van der Waals surface area contributed by atoms with Crippen molar-refractivity contribution in [3.63, 3.8) is 0 Å². The predicted octanol–water partition coefficient (Wildman–Crippen LogP) is 5.98. The third kappa shape index (κ3) is 2.18. The van der Waals surface area contributed by atoms with Crippen molar-refractivity contribution in [2.75, 3.05) is 0 Å². The first-order valence-electron chi connectivity index (χ1n) is 10.8. The minimum absolute atomic E-state index is 1.33. The van der Waals surface area contributed by atoms with E-state index < -0.39 is 13.3 Å². The fourth-order valence-electron chi connectivity index (χ4n) is 5.38. The van der Waals surface area contributed by atoms with E-state index in [0.717, 1.165) is 0 Å². The van der Waals surface area contributed by atoms with E-state index in [4.69, 9.17) is 0 Å². The van der Waals surface area contributed by atoms with Crippen molar-refractivity contribution >= 4 is 66.7 Å². The van der Waals surface area contributed by atoms with Crippen molar-refractivity contribution in [1.29, 1.82) is 0 Å². The number of rotatable bonds is 1. The monoisotopic (exact) mass is 453 g/mol. The zero-order valence-electron chi connectivity index (χ0n) is 18.6. The first-order chi connectivity index (χ1) is 14.3. The summed E-state index contributed by atoms with van der Waals surface area (Å²) in [6, 6.07) is 18.7. The van der Waals surface area contributed by atoms with Crippen molar-refractivity contribution in [2.45, 2.75) is 31.1 Å². The Morgan fingerprint density at radius 3 is 2.33 bits per heavy atom. The molecule has 3 aromatic carbocycles. The Hall–Kier alpha value is -2.59. The van der Waals surface area contributed by atoms with Crippen LogP contribution in [0.25, 0.3) is 49.0 Å². The van der Waals surface area contributed by atoms with Gasteiger partial charge in [-0.3, -0.25) is 0 Å². The van der Waals surface area contributed by atoms with E-state index in [2.05, 4.69) is 102 Å². The molecule has 6 rings (SSSR count). The normalized spacial score (nSPS) is 13.0. The summed E-state index contributed by atoms with van der Waals surface area (Å²) >= 11 is -2.01. The molecule has 0 saturated heterocycles. The molecule has 2 nitrogen and oxygen atoms in total. The van der Waals surface area contributed by atoms with Gasteiger partial charge in [-0.15, -0.1) is 0 Å². The fourth-order valence-corrected chi connectivity index (χ4v) is 7.81. The Labute approximate surface area is 179 Å². The van der Waals surface area contributed by atoms with Crippen LogP contribution in [0, 0.1) is 13.8 Å². The molecule has 6 aromatic rings. The van der Waals surface area contributed by atoms with Crippen LogP contribution in [0.1, 0.15) is 11.1 Å². The number of hydrogen-bond acceptors (Lipinski definition) is 0. The van der Waals surface area contributed by atoms with E-state index >= 15 is 0 Å². The molecule has 0 aliphatic rings. The van der Waals surface area contributed by atoms with Gasteiger partial charge >= 0.3 is 180 Å². The molecule has 0 N–H and O–H groups in total. The van der Waals surface area contributed by atoms with Crippen LogP contribution in [0.5, 0.6) is 0 Å². The van der Waals surface area contributed by atoms with Crippen molar-refractivity contribution < 1.29 is 4.57 Å². The molecule has 0 fully saturated rings. The van der Waals surface area contributed by atoms with E-state index in [9.17, 15) is 0 Å². The summed E-state index contributed by atoms with van der Waals surface area (Å²) in [5.41, 5.74) is 8.10. The number of nitrogens with zero attached hydrogens (tertiary/aromatic N) is 2. The number of benzene rings is 3. The molecule has 0 aliphatic carbocycles. The number of aromatic nitrogens is 2. The molecule has 0 atom stereocenters. The molecule has 0 saturated carbocycles. The van der Waals surface area contributed by atoms with Crippen LogP contribution >= 0.6 is 0 Å². The first-order valence-corrected chi connectivity index (χ1v) is 18.1. The minimum atomic E-state index is -2.01. The predicted molar refractivity (Wildman–Crippen MR) is 132 cm³/mol. The Balaban J connectivity index is 2.08. The van der Waals surface area contributed by atoms with Crippen molar-refractivity contribution in [3.8, 4) is 0 Å². The molecule has 0 aliphatic heterocycles. The summed E-state index contributed by atoms with van der Waals surface area (Å²) in [6.07, 6.45) is 2.24. The molecule has 30 heavy (non-hydrogen) atoms. The summed E-state index contributed by atoms with van der Waals surface area (Å²) in [5, 5.41) is 6.90. The van der Waals surface area contributed by atoms with Crippen LogP contribution in [0.2, 0.25) is 17.3 Å². The molecule has 0 unspecified atom stereocenters. The average molecular weight is 452 g/mol. The van der Waals surface area contributed by atoms with Crippen molar-refractivity contribution in [3.05, 3.63) is 65.9 Å². The van der Waals surface area contributed by atoms with Crippen molar-refractivity contribution in [1.82, 2.24) is 4.40 Å². The molecule has 3 aromatic heterocycles. The van der Waals surface area contributed by atoms with Gasteiger partial charge in [0, 0.05) is 0 Å². The van der Waals surface area contributed by atoms with E-state index in [0.29, 0.717) is 0 Å². The summed E-state index contributed by atoms with van der Waals surface area (Å²) in [7, 11) is 2.19. The molecule has 0 radical (unpaired) electrons. The second-order valence-corrected chi connectivity index (χ2v) is 20.6. The van der Waals surface area contributed by atoms with Gasteiger partial charge in [0.2, 0.25) is 0 Å². The van der Waals surface area contributed by atoms with Crippen LogP contribution < -0.4 is 8.96 Å². The zero-order chi connectivity index (χ0) is 20.9. The van der Waals surface area contributed by atoms with E-state index in [1.54, 1.807) is 4.40 Å².